The zero-order valence-electron chi connectivity index (χ0n) is 13.4. The first kappa shape index (κ1) is 18.9. The zero-order chi connectivity index (χ0) is 14.9. The van der Waals surface area contributed by atoms with E-state index in [1.807, 2.05) is 0 Å². The summed E-state index contributed by atoms with van der Waals surface area (Å²) in [5.41, 5.74) is 2.49. The molecule has 1 aliphatic heterocycles. The van der Waals surface area contributed by atoms with Crippen LogP contribution in [0.2, 0.25) is 0 Å². The minimum atomic E-state index is 0. The number of carbonyl (C=O) groups excluding carboxylic acids is 1. The fraction of sp³-hybridized carbons (Fsp3) is 0.588. The van der Waals surface area contributed by atoms with Crippen molar-refractivity contribution in [3.05, 3.63) is 35.4 Å². The topological polar surface area (TPSA) is 44.4 Å². The third-order valence-corrected chi connectivity index (χ3v) is 3.94. The average Bonchev–Trinajstić information content (AvgIpc) is 2.52. The molecule has 1 amide bonds. The van der Waals surface area contributed by atoms with Crippen LogP contribution in [0.5, 0.6) is 0 Å². The van der Waals surface area contributed by atoms with E-state index in [2.05, 4.69) is 46.7 Å². The normalized spacial score (nSPS) is 15.1. The number of nitrogens with one attached hydrogen (secondary N) is 2. The number of halogens is 1. The van der Waals surface area contributed by atoms with Crippen LogP contribution in [0.15, 0.2) is 24.3 Å². The Hall–Kier alpha value is -1.10. The van der Waals surface area contributed by atoms with Crippen molar-refractivity contribution >= 4 is 18.3 Å². The Kier molecular flexibility index (Phi) is 9.13. The molecule has 0 saturated carbocycles. The summed E-state index contributed by atoms with van der Waals surface area (Å²) in [6, 6.07) is 8.40. The summed E-state index contributed by atoms with van der Waals surface area (Å²) in [5.74, 6) is 0.163. The molecule has 0 bridgehead atoms. The van der Waals surface area contributed by atoms with Crippen molar-refractivity contribution in [3.63, 3.8) is 0 Å². The van der Waals surface area contributed by atoms with Crippen molar-refractivity contribution < 1.29 is 4.79 Å². The molecule has 124 valence electrons. The first-order chi connectivity index (χ1) is 10.2. The van der Waals surface area contributed by atoms with E-state index in [9.17, 15) is 4.79 Å². The van der Waals surface area contributed by atoms with Crippen molar-refractivity contribution in [3.8, 4) is 0 Å². The van der Waals surface area contributed by atoms with Gasteiger partial charge in [0.1, 0.15) is 0 Å². The van der Waals surface area contributed by atoms with Crippen LogP contribution in [0.3, 0.4) is 0 Å². The van der Waals surface area contributed by atoms with Gasteiger partial charge < -0.3 is 15.5 Å². The Labute approximate surface area is 140 Å². The number of piperazine rings is 1. The van der Waals surface area contributed by atoms with E-state index < -0.39 is 0 Å². The quantitative estimate of drug-likeness (QED) is 0.751. The summed E-state index contributed by atoms with van der Waals surface area (Å²) >= 11 is 0. The molecule has 1 heterocycles. The van der Waals surface area contributed by atoms with Gasteiger partial charge in [-0.15, -0.1) is 12.4 Å². The van der Waals surface area contributed by atoms with Crippen LogP contribution in [-0.4, -0.2) is 50.1 Å². The summed E-state index contributed by atoms with van der Waals surface area (Å²) in [6.07, 6.45) is 2.44. The number of rotatable bonds is 7. The Balaban J connectivity index is 0.00000242. The Morgan fingerprint density at radius 3 is 2.59 bits per heavy atom. The lowest BCUT2D eigenvalue weighted by Gasteiger charge is -2.27. The largest absolute Gasteiger partial charge is 0.356 e. The molecule has 1 aromatic rings. The van der Waals surface area contributed by atoms with Gasteiger partial charge in [-0.25, -0.2) is 0 Å². The number of amides is 1. The monoisotopic (exact) mass is 325 g/mol. The molecule has 0 spiro atoms. The lowest BCUT2D eigenvalue weighted by molar-refractivity contribution is -0.121. The van der Waals surface area contributed by atoms with Gasteiger partial charge in [0.25, 0.3) is 0 Å². The van der Waals surface area contributed by atoms with Gasteiger partial charge in [0.15, 0.2) is 0 Å². The fourth-order valence-corrected chi connectivity index (χ4v) is 2.57. The molecule has 22 heavy (non-hydrogen) atoms. The first-order valence-corrected chi connectivity index (χ1v) is 7.99. The highest BCUT2D eigenvalue weighted by Gasteiger charge is 2.08. The highest BCUT2D eigenvalue weighted by atomic mass is 35.5. The van der Waals surface area contributed by atoms with Crippen molar-refractivity contribution in [1.29, 1.82) is 0 Å². The lowest BCUT2D eigenvalue weighted by Crippen LogP contribution is -2.44. The van der Waals surface area contributed by atoms with Gasteiger partial charge in [-0.05, 0) is 31.9 Å². The summed E-state index contributed by atoms with van der Waals surface area (Å²) < 4.78 is 0. The smallest absolute Gasteiger partial charge is 0.220 e. The van der Waals surface area contributed by atoms with Gasteiger partial charge in [0.05, 0.1) is 0 Å². The van der Waals surface area contributed by atoms with Crippen molar-refractivity contribution in [2.75, 3.05) is 39.3 Å². The molecular weight excluding hydrogens is 298 g/mol. The van der Waals surface area contributed by atoms with Gasteiger partial charge in [0.2, 0.25) is 5.91 Å². The van der Waals surface area contributed by atoms with Gasteiger partial charge in [-0.1, -0.05) is 29.8 Å². The third kappa shape index (κ3) is 7.25. The molecule has 0 unspecified atom stereocenters. The molecule has 1 aliphatic rings. The maximum atomic E-state index is 11.8. The molecular formula is C17H28ClN3O. The Morgan fingerprint density at radius 1 is 1.23 bits per heavy atom. The van der Waals surface area contributed by atoms with E-state index in [0.717, 1.165) is 52.1 Å². The van der Waals surface area contributed by atoms with Crippen LogP contribution in [0.25, 0.3) is 0 Å². The second kappa shape index (κ2) is 10.6. The summed E-state index contributed by atoms with van der Waals surface area (Å²) in [5, 5.41) is 6.37. The maximum absolute atomic E-state index is 11.8. The van der Waals surface area contributed by atoms with Crippen LogP contribution in [0, 0.1) is 6.92 Å². The number of benzene rings is 1. The van der Waals surface area contributed by atoms with Gasteiger partial charge in [-0.3, -0.25) is 4.79 Å². The number of hydrogen-bond acceptors (Lipinski definition) is 3. The molecule has 0 aliphatic carbocycles. The predicted molar refractivity (Wildman–Crippen MR) is 93.7 cm³/mol. The van der Waals surface area contributed by atoms with Gasteiger partial charge in [-0.2, -0.15) is 0 Å². The SMILES string of the molecule is Cc1ccc(CCC(=O)NCCCN2CCNCC2)cc1.Cl. The van der Waals surface area contributed by atoms with Crippen LogP contribution in [0.1, 0.15) is 24.0 Å². The van der Waals surface area contributed by atoms with Gasteiger partial charge >= 0.3 is 0 Å². The average molecular weight is 326 g/mol. The maximum Gasteiger partial charge on any atom is 0.220 e. The minimum absolute atomic E-state index is 0. The Bertz CT molecular complexity index is 430. The molecule has 2 rings (SSSR count). The summed E-state index contributed by atoms with van der Waals surface area (Å²) in [6.45, 7) is 8.38. The summed E-state index contributed by atoms with van der Waals surface area (Å²) in [4.78, 5) is 14.3. The molecule has 2 N–H and O–H groups in total. The van der Waals surface area contributed by atoms with Crippen molar-refractivity contribution in [1.82, 2.24) is 15.5 Å². The molecule has 5 heteroatoms. The van der Waals surface area contributed by atoms with E-state index in [1.54, 1.807) is 0 Å². The molecule has 0 atom stereocenters. The number of aryl methyl sites for hydroxylation is 2. The van der Waals surface area contributed by atoms with E-state index in [0.29, 0.717) is 6.42 Å². The molecule has 0 radical (unpaired) electrons. The Morgan fingerprint density at radius 2 is 1.91 bits per heavy atom. The van der Waals surface area contributed by atoms with Crippen LogP contribution >= 0.6 is 12.4 Å². The van der Waals surface area contributed by atoms with Crippen molar-refractivity contribution in [2.45, 2.75) is 26.2 Å². The third-order valence-electron chi connectivity index (χ3n) is 3.94. The standard InChI is InChI=1S/C17H27N3O.ClH/c1-15-3-5-16(6-4-15)7-8-17(21)19-9-2-12-20-13-10-18-11-14-20;/h3-6,18H,2,7-14H2,1H3,(H,19,21);1H. The zero-order valence-corrected chi connectivity index (χ0v) is 14.3. The van der Waals surface area contributed by atoms with Crippen molar-refractivity contribution in [2.24, 2.45) is 0 Å². The van der Waals surface area contributed by atoms with E-state index >= 15 is 0 Å². The van der Waals surface area contributed by atoms with Crippen LogP contribution in [0.4, 0.5) is 0 Å². The first-order valence-electron chi connectivity index (χ1n) is 7.99. The second-order valence-corrected chi connectivity index (χ2v) is 5.78. The lowest BCUT2D eigenvalue weighted by atomic mass is 10.1. The van der Waals surface area contributed by atoms with E-state index in [-0.39, 0.29) is 18.3 Å². The highest BCUT2D eigenvalue weighted by Crippen LogP contribution is 2.05. The minimum Gasteiger partial charge on any atom is -0.356 e. The van der Waals surface area contributed by atoms with E-state index in [1.165, 1.54) is 11.1 Å². The molecule has 1 saturated heterocycles. The van der Waals surface area contributed by atoms with Gasteiger partial charge in [0, 0.05) is 39.1 Å². The second-order valence-electron chi connectivity index (χ2n) is 5.78. The molecule has 1 fully saturated rings. The molecule has 0 aromatic heterocycles. The summed E-state index contributed by atoms with van der Waals surface area (Å²) in [7, 11) is 0. The number of carbonyl (C=O) groups is 1. The fourth-order valence-electron chi connectivity index (χ4n) is 2.57. The predicted octanol–water partition coefficient (Wildman–Crippen LogP) is 1.76. The number of nitrogens with zero attached hydrogens (tertiary/aromatic N) is 1. The highest BCUT2D eigenvalue weighted by molar-refractivity contribution is 5.85. The molecule has 1 aromatic carbocycles. The molecule has 4 nitrogen and oxygen atoms in total. The van der Waals surface area contributed by atoms with Crippen LogP contribution < -0.4 is 10.6 Å². The van der Waals surface area contributed by atoms with Crippen LogP contribution in [-0.2, 0) is 11.2 Å². The number of hydrogen-bond donors (Lipinski definition) is 2. The van der Waals surface area contributed by atoms with E-state index in [4.69, 9.17) is 0 Å².